The minimum Gasteiger partial charge on any atom is -0.379 e. The maximum atomic E-state index is 12.5. The molecule has 0 spiro atoms. The average Bonchev–Trinajstić information content (AvgIpc) is 3.02. The van der Waals surface area contributed by atoms with Crippen molar-refractivity contribution < 1.29 is 9.53 Å². The third-order valence-electron chi connectivity index (χ3n) is 4.09. The Kier molecular flexibility index (Phi) is 5.55. The number of carbonyl (C=O) groups is 1. The van der Waals surface area contributed by atoms with Gasteiger partial charge in [0.1, 0.15) is 0 Å². The lowest BCUT2D eigenvalue weighted by Gasteiger charge is -2.19. The number of pyridine rings is 1. The molecule has 7 nitrogen and oxygen atoms in total. The Morgan fingerprint density at radius 3 is 2.64 bits per heavy atom. The van der Waals surface area contributed by atoms with E-state index >= 15 is 0 Å². The molecule has 0 aromatic carbocycles. The summed E-state index contributed by atoms with van der Waals surface area (Å²) in [4.78, 5) is 24.8. The first-order valence-corrected chi connectivity index (χ1v) is 8.48. The zero-order valence-corrected chi connectivity index (χ0v) is 14.5. The lowest BCUT2D eigenvalue weighted by Crippen LogP contribution is -2.40. The standard InChI is InChI=1S/C18H23N5O2/c1-12(2)22-18-20-8-15(9-21-18)17(24)23-16-11-25-10-14(16)7-13-3-5-19-6-4-13/h3-6,8-9,12,14,16H,7,10-11H2,1-2H3,(H,23,24)(H,20,21,22)/t14-,16+/m1/s1. The topological polar surface area (TPSA) is 89.0 Å². The molecule has 1 amide bonds. The minimum absolute atomic E-state index is 0.0193. The second-order valence-electron chi connectivity index (χ2n) is 6.53. The number of hydrogen-bond acceptors (Lipinski definition) is 6. The number of aromatic nitrogens is 3. The monoisotopic (exact) mass is 341 g/mol. The van der Waals surface area contributed by atoms with Crippen LogP contribution in [0.3, 0.4) is 0 Å². The first-order valence-electron chi connectivity index (χ1n) is 8.48. The quantitative estimate of drug-likeness (QED) is 0.831. The second-order valence-corrected chi connectivity index (χ2v) is 6.53. The minimum atomic E-state index is -0.175. The Morgan fingerprint density at radius 1 is 1.24 bits per heavy atom. The number of rotatable bonds is 6. The number of hydrogen-bond donors (Lipinski definition) is 2. The normalized spacial score (nSPS) is 19.8. The SMILES string of the molecule is CC(C)Nc1ncc(C(=O)N[C@H]2COC[C@H]2Cc2ccncc2)cn1. The Morgan fingerprint density at radius 2 is 1.96 bits per heavy atom. The molecule has 7 heteroatoms. The number of nitrogens with zero attached hydrogens (tertiary/aromatic N) is 3. The third kappa shape index (κ3) is 4.73. The van der Waals surface area contributed by atoms with Crippen molar-refractivity contribution in [2.24, 2.45) is 5.92 Å². The fraction of sp³-hybridized carbons (Fsp3) is 0.444. The fourth-order valence-corrected chi connectivity index (χ4v) is 2.81. The van der Waals surface area contributed by atoms with Crippen LogP contribution in [-0.4, -0.2) is 46.2 Å². The fourth-order valence-electron chi connectivity index (χ4n) is 2.81. The van der Waals surface area contributed by atoms with Gasteiger partial charge in [0.2, 0.25) is 5.95 Å². The molecule has 0 saturated carbocycles. The summed E-state index contributed by atoms with van der Waals surface area (Å²) >= 11 is 0. The van der Waals surface area contributed by atoms with E-state index in [1.165, 1.54) is 5.56 Å². The summed E-state index contributed by atoms with van der Waals surface area (Å²) < 4.78 is 5.57. The van der Waals surface area contributed by atoms with Gasteiger partial charge >= 0.3 is 0 Å². The van der Waals surface area contributed by atoms with Crippen molar-refractivity contribution in [2.75, 3.05) is 18.5 Å². The molecule has 3 rings (SSSR count). The highest BCUT2D eigenvalue weighted by molar-refractivity contribution is 5.93. The van der Waals surface area contributed by atoms with Crippen molar-refractivity contribution in [2.45, 2.75) is 32.4 Å². The van der Waals surface area contributed by atoms with Crippen LogP contribution in [0.5, 0.6) is 0 Å². The van der Waals surface area contributed by atoms with E-state index in [0.717, 1.165) is 6.42 Å². The van der Waals surface area contributed by atoms with Crippen molar-refractivity contribution >= 4 is 11.9 Å². The molecule has 2 atom stereocenters. The molecular formula is C18H23N5O2. The summed E-state index contributed by atoms with van der Waals surface area (Å²) in [5.41, 5.74) is 1.64. The third-order valence-corrected chi connectivity index (χ3v) is 4.09. The van der Waals surface area contributed by atoms with Gasteiger partial charge in [0.25, 0.3) is 5.91 Å². The zero-order valence-electron chi connectivity index (χ0n) is 14.5. The molecule has 3 heterocycles. The lowest BCUT2D eigenvalue weighted by atomic mass is 9.95. The van der Waals surface area contributed by atoms with Gasteiger partial charge in [-0.05, 0) is 38.0 Å². The van der Waals surface area contributed by atoms with E-state index in [4.69, 9.17) is 4.74 Å². The van der Waals surface area contributed by atoms with Crippen LogP contribution in [0.25, 0.3) is 0 Å². The summed E-state index contributed by atoms with van der Waals surface area (Å²) in [5, 5.41) is 6.15. The molecule has 0 aliphatic carbocycles. The number of ether oxygens (including phenoxy) is 1. The number of amides is 1. The molecule has 2 N–H and O–H groups in total. The van der Waals surface area contributed by atoms with E-state index < -0.39 is 0 Å². The zero-order chi connectivity index (χ0) is 17.6. The average molecular weight is 341 g/mol. The van der Waals surface area contributed by atoms with Gasteiger partial charge in [-0.2, -0.15) is 0 Å². The van der Waals surface area contributed by atoms with Gasteiger partial charge in [-0.3, -0.25) is 9.78 Å². The molecule has 1 aliphatic heterocycles. The maximum absolute atomic E-state index is 12.5. The molecule has 1 saturated heterocycles. The van der Waals surface area contributed by atoms with Gasteiger partial charge in [-0.15, -0.1) is 0 Å². The van der Waals surface area contributed by atoms with Crippen molar-refractivity contribution in [3.8, 4) is 0 Å². The predicted octanol–water partition coefficient (Wildman–Crippen LogP) is 1.68. The van der Waals surface area contributed by atoms with Crippen molar-refractivity contribution in [3.63, 3.8) is 0 Å². The predicted molar refractivity (Wildman–Crippen MR) is 94.3 cm³/mol. The summed E-state index contributed by atoms with van der Waals surface area (Å²) in [6, 6.07) is 4.20. The second kappa shape index (κ2) is 8.02. The number of carbonyl (C=O) groups excluding carboxylic acids is 1. The molecule has 0 bridgehead atoms. The van der Waals surface area contributed by atoms with E-state index in [9.17, 15) is 4.79 Å². The summed E-state index contributed by atoms with van der Waals surface area (Å²) in [7, 11) is 0. The Hall–Kier alpha value is -2.54. The van der Waals surface area contributed by atoms with Gasteiger partial charge < -0.3 is 15.4 Å². The van der Waals surface area contributed by atoms with Gasteiger partial charge in [-0.25, -0.2) is 9.97 Å². The van der Waals surface area contributed by atoms with Crippen LogP contribution in [0, 0.1) is 5.92 Å². The van der Waals surface area contributed by atoms with Crippen molar-refractivity contribution in [1.29, 1.82) is 0 Å². The largest absolute Gasteiger partial charge is 0.379 e. The smallest absolute Gasteiger partial charge is 0.254 e. The van der Waals surface area contributed by atoms with E-state index in [1.807, 2.05) is 26.0 Å². The number of anilines is 1. The Bertz CT molecular complexity index is 690. The molecule has 1 fully saturated rings. The Labute approximate surface area is 147 Å². The Balaban J connectivity index is 1.59. The van der Waals surface area contributed by atoms with Crippen LogP contribution in [0.15, 0.2) is 36.9 Å². The van der Waals surface area contributed by atoms with Gasteiger partial charge in [0.05, 0.1) is 24.8 Å². The van der Waals surface area contributed by atoms with Crippen LogP contribution in [-0.2, 0) is 11.2 Å². The number of nitrogens with one attached hydrogen (secondary N) is 2. The van der Waals surface area contributed by atoms with E-state index in [2.05, 4.69) is 25.6 Å². The van der Waals surface area contributed by atoms with Crippen LogP contribution < -0.4 is 10.6 Å². The summed E-state index contributed by atoms with van der Waals surface area (Å²) in [5.74, 6) is 0.590. The van der Waals surface area contributed by atoms with Crippen LogP contribution in [0.1, 0.15) is 29.8 Å². The molecule has 132 valence electrons. The molecule has 2 aromatic rings. The van der Waals surface area contributed by atoms with E-state index in [0.29, 0.717) is 24.7 Å². The van der Waals surface area contributed by atoms with Gasteiger partial charge in [-0.1, -0.05) is 0 Å². The highest BCUT2D eigenvalue weighted by atomic mass is 16.5. The molecule has 0 unspecified atom stereocenters. The molecule has 2 aromatic heterocycles. The molecule has 1 aliphatic rings. The van der Waals surface area contributed by atoms with E-state index in [1.54, 1.807) is 24.8 Å². The van der Waals surface area contributed by atoms with Crippen LogP contribution in [0.4, 0.5) is 5.95 Å². The first kappa shape index (κ1) is 17.3. The highest BCUT2D eigenvalue weighted by Gasteiger charge is 2.30. The van der Waals surface area contributed by atoms with Crippen LogP contribution >= 0.6 is 0 Å². The van der Waals surface area contributed by atoms with Crippen molar-refractivity contribution in [1.82, 2.24) is 20.3 Å². The molecular weight excluding hydrogens is 318 g/mol. The summed E-state index contributed by atoms with van der Waals surface area (Å²) in [6.07, 6.45) is 7.49. The van der Waals surface area contributed by atoms with E-state index in [-0.39, 0.29) is 23.9 Å². The van der Waals surface area contributed by atoms with Crippen molar-refractivity contribution in [3.05, 3.63) is 48.0 Å². The molecule has 0 radical (unpaired) electrons. The van der Waals surface area contributed by atoms with Gasteiger partial charge in [0, 0.05) is 36.7 Å². The first-order chi connectivity index (χ1) is 12.1. The van der Waals surface area contributed by atoms with Crippen LogP contribution in [0.2, 0.25) is 0 Å². The highest BCUT2D eigenvalue weighted by Crippen LogP contribution is 2.19. The maximum Gasteiger partial charge on any atom is 0.254 e. The lowest BCUT2D eigenvalue weighted by molar-refractivity contribution is 0.0924. The molecule has 25 heavy (non-hydrogen) atoms. The summed E-state index contributed by atoms with van der Waals surface area (Å²) in [6.45, 7) is 5.18. The van der Waals surface area contributed by atoms with Gasteiger partial charge in [0.15, 0.2) is 0 Å².